The lowest BCUT2D eigenvalue weighted by Gasteiger charge is -2.32. The lowest BCUT2D eigenvalue weighted by Crippen LogP contribution is -2.62. The van der Waals surface area contributed by atoms with Gasteiger partial charge in [0.25, 0.3) is 0 Å². The standard InChI is InChI=1S/C32H34N4O5/c37-24-15-13-23(14-16-24)19-26-29(38)33-25(18-21-8-3-1-4-9-21)30(39)35-27(20-22-10-5-2-6-11-22)32(41)36-17-7-12-28(36)31(40)34-26/h1-6,8-11,13-16,25-28,37H,7,12,17-20H2,(H,33,38)(H,34,40)(H,35,39)/t25-,26+,27+,28-/m1/s1. The van der Waals surface area contributed by atoms with Crippen LogP contribution in [0.2, 0.25) is 0 Å². The van der Waals surface area contributed by atoms with Crippen molar-refractivity contribution in [3.8, 4) is 5.75 Å². The molecule has 2 saturated heterocycles. The predicted octanol–water partition coefficient (Wildman–Crippen LogP) is 1.88. The first-order chi connectivity index (χ1) is 19.9. The Morgan fingerprint density at radius 2 is 1.07 bits per heavy atom. The van der Waals surface area contributed by atoms with Gasteiger partial charge >= 0.3 is 0 Å². The van der Waals surface area contributed by atoms with Gasteiger partial charge in [0.2, 0.25) is 23.6 Å². The van der Waals surface area contributed by atoms with Gasteiger partial charge in [-0.3, -0.25) is 19.2 Å². The summed E-state index contributed by atoms with van der Waals surface area (Å²) >= 11 is 0. The van der Waals surface area contributed by atoms with Crippen molar-refractivity contribution in [3.63, 3.8) is 0 Å². The Bertz CT molecular complexity index is 1380. The Kier molecular flexibility index (Phi) is 8.62. The topological polar surface area (TPSA) is 128 Å². The number of nitrogens with zero attached hydrogens (tertiary/aromatic N) is 1. The van der Waals surface area contributed by atoms with Gasteiger partial charge in [0.15, 0.2) is 0 Å². The highest BCUT2D eigenvalue weighted by Crippen LogP contribution is 2.21. The summed E-state index contributed by atoms with van der Waals surface area (Å²) in [6, 6.07) is 21.5. The number of rotatable bonds is 6. The zero-order chi connectivity index (χ0) is 28.8. The third-order valence-corrected chi connectivity index (χ3v) is 7.66. The molecule has 3 aromatic carbocycles. The first kappa shape index (κ1) is 27.9. The minimum absolute atomic E-state index is 0.0886. The quantitative estimate of drug-likeness (QED) is 0.370. The Labute approximate surface area is 238 Å². The summed E-state index contributed by atoms with van der Waals surface area (Å²) in [5.41, 5.74) is 2.43. The highest BCUT2D eigenvalue weighted by molar-refractivity contribution is 5.98. The number of aromatic hydroxyl groups is 1. The number of phenols is 1. The van der Waals surface area contributed by atoms with E-state index in [1.165, 1.54) is 17.0 Å². The van der Waals surface area contributed by atoms with E-state index >= 15 is 0 Å². The second-order valence-electron chi connectivity index (χ2n) is 10.6. The fourth-order valence-corrected chi connectivity index (χ4v) is 5.50. The average Bonchev–Trinajstić information content (AvgIpc) is 3.48. The summed E-state index contributed by atoms with van der Waals surface area (Å²) in [4.78, 5) is 56.4. The fraction of sp³-hybridized carbons (Fsp3) is 0.312. The van der Waals surface area contributed by atoms with Crippen molar-refractivity contribution >= 4 is 23.6 Å². The van der Waals surface area contributed by atoms with Gasteiger partial charge in [0.1, 0.15) is 29.9 Å². The Morgan fingerprint density at radius 3 is 1.63 bits per heavy atom. The van der Waals surface area contributed by atoms with Crippen molar-refractivity contribution in [3.05, 3.63) is 102 Å². The molecule has 2 fully saturated rings. The van der Waals surface area contributed by atoms with Gasteiger partial charge in [0, 0.05) is 25.8 Å². The minimum atomic E-state index is -0.991. The van der Waals surface area contributed by atoms with E-state index in [0.29, 0.717) is 19.4 Å². The summed E-state index contributed by atoms with van der Waals surface area (Å²) in [7, 11) is 0. The maximum Gasteiger partial charge on any atom is 0.246 e. The van der Waals surface area contributed by atoms with Crippen LogP contribution in [0.15, 0.2) is 84.9 Å². The Hall–Kier alpha value is -4.66. The molecule has 2 aliphatic heterocycles. The van der Waals surface area contributed by atoms with Crippen LogP contribution in [0.5, 0.6) is 5.75 Å². The zero-order valence-corrected chi connectivity index (χ0v) is 22.7. The van der Waals surface area contributed by atoms with E-state index in [0.717, 1.165) is 16.7 Å². The Balaban J connectivity index is 1.48. The molecule has 9 heteroatoms. The molecule has 2 aliphatic rings. The molecule has 0 radical (unpaired) electrons. The van der Waals surface area contributed by atoms with Gasteiger partial charge < -0.3 is 26.0 Å². The fourth-order valence-electron chi connectivity index (χ4n) is 5.50. The number of carbonyl (C=O) groups excluding carboxylic acids is 4. The van der Waals surface area contributed by atoms with Crippen LogP contribution in [0.1, 0.15) is 29.5 Å². The second kappa shape index (κ2) is 12.7. The number of nitrogens with one attached hydrogen (secondary N) is 3. The molecule has 0 aromatic heterocycles. The molecule has 0 unspecified atom stereocenters. The maximum absolute atomic E-state index is 13.9. The van der Waals surface area contributed by atoms with E-state index in [1.807, 2.05) is 60.7 Å². The number of fused-ring (bicyclic) bond motifs is 1. The van der Waals surface area contributed by atoms with Crippen LogP contribution in [0, 0.1) is 0 Å². The molecule has 9 nitrogen and oxygen atoms in total. The summed E-state index contributed by atoms with van der Waals surface area (Å²) in [6.45, 7) is 0.389. The van der Waals surface area contributed by atoms with Crippen molar-refractivity contribution in [2.45, 2.75) is 56.3 Å². The van der Waals surface area contributed by atoms with Crippen LogP contribution >= 0.6 is 0 Å². The summed E-state index contributed by atoms with van der Waals surface area (Å²) in [5.74, 6) is -1.60. The number of carbonyl (C=O) groups is 4. The van der Waals surface area contributed by atoms with E-state index < -0.39 is 41.9 Å². The highest BCUT2D eigenvalue weighted by Gasteiger charge is 2.40. The smallest absolute Gasteiger partial charge is 0.246 e. The van der Waals surface area contributed by atoms with Crippen molar-refractivity contribution in [1.82, 2.24) is 20.9 Å². The second-order valence-corrected chi connectivity index (χ2v) is 10.6. The normalized spacial score (nSPS) is 23.5. The molecule has 4 atom stereocenters. The van der Waals surface area contributed by atoms with Crippen molar-refractivity contribution < 1.29 is 24.3 Å². The molecule has 0 aliphatic carbocycles. The third kappa shape index (κ3) is 6.92. The van der Waals surface area contributed by atoms with Crippen LogP contribution in [-0.2, 0) is 38.4 Å². The van der Waals surface area contributed by atoms with E-state index in [1.54, 1.807) is 12.1 Å². The molecule has 0 bridgehead atoms. The van der Waals surface area contributed by atoms with Gasteiger partial charge in [-0.1, -0.05) is 72.8 Å². The molecule has 5 rings (SSSR count). The molecular weight excluding hydrogens is 520 g/mol. The van der Waals surface area contributed by atoms with E-state index in [2.05, 4.69) is 16.0 Å². The molecule has 0 saturated carbocycles. The Morgan fingerprint density at radius 1 is 0.610 bits per heavy atom. The summed E-state index contributed by atoms with van der Waals surface area (Å²) < 4.78 is 0. The van der Waals surface area contributed by atoms with Crippen LogP contribution < -0.4 is 16.0 Å². The number of hydrogen-bond acceptors (Lipinski definition) is 5. The monoisotopic (exact) mass is 554 g/mol. The van der Waals surface area contributed by atoms with Gasteiger partial charge in [0.05, 0.1) is 0 Å². The number of benzene rings is 3. The van der Waals surface area contributed by atoms with Gasteiger partial charge in [-0.15, -0.1) is 0 Å². The molecule has 3 aromatic rings. The summed E-state index contributed by atoms with van der Waals surface area (Å²) in [6.07, 6.45) is 1.71. The van der Waals surface area contributed by atoms with Crippen molar-refractivity contribution in [2.24, 2.45) is 0 Å². The molecule has 4 amide bonds. The molecule has 2 heterocycles. The first-order valence-corrected chi connectivity index (χ1v) is 13.9. The maximum atomic E-state index is 13.9. The minimum Gasteiger partial charge on any atom is -0.508 e. The lowest BCUT2D eigenvalue weighted by atomic mass is 9.99. The molecule has 0 spiro atoms. The van der Waals surface area contributed by atoms with Crippen LogP contribution in [0.3, 0.4) is 0 Å². The molecule has 212 valence electrons. The van der Waals surface area contributed by atoms with Crippen molar-refractivity contribution in [2.75, 3.05) is 6.54 Å². The SMILES string of the molecule is O=C1N[C@H](Cc2ccccc2)C(=O)N[C@@H](Cc2ccccc2)C(=O)N2CCC[C@@H]2C(=O)N[C@H]1Cc1ccc(O)cc1. The molecule has 41 heavy (non-hydrogen) atoms. The van der Waals surface area contributed by atoms with Gasteiger partial charge in [-0.25, -0.2) is 0 Å². The largest absolute Gasteiger partial charge is 0.508 e. The predicted molar refractivity (Wildman–Crippen MR) is 153 cm³/mol. The molecule has 4 N–H and O–H groups in total. The first-order valence-electron chi connectivity index (χ1n) is 13.9. The van der Waals surface area contributed by atoms with Crippen LogP contribution in [0.25, 0.3) is 0 Å². The van der Waals surface area contributed by atoms with E-state index in [9.17, 15) is 24.3 Å². The van der Waals surface area contributed by atoms with Crippen LogP contribution in [0.4, 0.5) is 0 Å². The van der Waals surface area contributed by atoms with Crippen molar-refractivity contribution in [1.29, 1.82) is 0 Å². The summed E-state index contributed by atoms with van der Waals surface area (Å²) in [5, 5.41) is 18.3. The van der Waals surface area contributed by atoms with E-state index in [4.69, 9.17) is 0 Å². The van der Waals surface area contributed by atoms with E-state index in [-0.39, 0.29) is 30.9 Å². The number of hydrogen-bond donors (Lipinski definition) is 4. The highest BCUT2D eigenvalue weighted by atomic mass is 16.3. The average molecular weight is 555 g/mol. The zero-order valence-electron chi connectivity index (χ0n) is 22.7. The third-order valence-electron chi connectivity index (χ3n) is 7.66. The molecular formula is C32H34N4O5. The van der Waals surface area contributed by atoms with Gasteiger partial charge in [-0.2, -0.15) is 0 Å². The van der Waals surface area contributed by atoms with Crippen LogP contribution in [-0.4, -0.2) is 64.3 Å². The van der Waals surface area contributed by atoms with Gasteiger partial charge in [-0.05, 0) is 41.7 Å². The lowest BCUT2D eigenvalue weighted by molar-refractivity contribution is -0.143. The number of phenolic OH excluding ortho intramolecular Hbond substituents is 1. The number of amides is 4.